The van der Waals surface area contributed by atoms with Crippen LogP contribution in [0, 0.1) is 13.8 Å². The van der Waals surface area contributed by atoms with Crippen LogP contribution in [0.4, 0.5) is 5.69 Å². The van der Waals surface area contributed by atoms with Gasteiger partial charge in [-0.3, -0.25) is 4.98 Å². The third-order valence-corrected chi connectivity index (χ3v) is 4.10. The van der Waals surface area contributed by atoms with Crippen molar-refractivity contribution in [3.8, 4) is 0 Å². The van der Waals surface area contributed by atoms with Crippen LogP contribution in [-0.2, 0) is 0 Å². The lowest BCUT2D eigenvalue weighted by atomic mass is 10.3. The van der Waals surface area contributed by atoms with E-state index < -0.39 is 0 Å². The molecule has 17 heavy (non-hydrogen) atoms. The molecule has 0 spiro atoms. The Morgan fingerprint density at radius 1 is 1.24 bits per heavy atom. The molecule has 2 N–H and O–H groups in total. The summed E-state index contributed by atoms with van der Waals surface area (Å²) in [6.45, 7) is 4.05. The number of hydrogen-bond acceptors (Lipinski definition) is 4. The van der Waals surface area contributed by atoms with Gasteiger partial charge in [0.25, 0.3) is 0 Å². The molecular formula is C12H12BrN3S. The number of rotatable bonds is 2. The Morgan fingerprint density at radius 3 is 2.65 bits per heavy atom. The van der Waals surface area contributed by atoms with Crippen LogP contribution < -0.4 is 5.73 Å². The van der Waals surface area contributed by atoms with Gasteiger partial charge < -0.3 is 5.73 Å². The number of hydrogen-bond donors (Lipinski definition) is 1. The Hall–Kier alpha value is -1.07. The minimum absolute atomic E-state index is 0.658. The average Bonchev–Trinajstić information content (AvgIpc) is 2.22. The van der Waals surface area contributed by atoms with Gasteiger partial charge in [-0.25, -0.2) is 4.98 Å². The molecule has 2 heterocycles. The maximum Gasteiger partial charge on any atom is 0.101 e. The van der Waals surface area contributed by atoms with E-state index in [9.17, 15) is 0 Å². The second kappa shape index (κ2) is 5.06. The van der Waals surface area contributed by atoms with E-state index in [1.54, 1.807) is 24.2 Å². The monoisotopic (exact) mass is 309 g/mol. The van der Waals surface area contributed by atoms with Crippen LogP contribution in [0.2, 0.25) is 0 Å². The summed E-state index contributed by atoms with van der Waals surface area (Å²) in [6, 6.07) is 4.10. The summed E-state index contributed by atoms with van der Waals surface area (Å²) in [5, 5.41) is 0.945. The SMILES string of the molecule is Cc1cc(C)nc(Sc2c(N)cncc2Br)c1. The quantitative estimate of drug-likeness (QED) is 0.921. The van der Waals surface area contributed by atoms with Crippen molar-refractivity contribution < 1.29 is 0 Å². The highest BCUT2D eigenvalue weighted by molar-refractivity contribution is 9.10. The summed E-state index contributed by atoms with van der Waals surface area (Å²) >= 11 is 5.00. The number of nitrogens with zero attached hydrogens (tertiary/aromatic N) is 2. The smallest absolute Gasteiger partial charge is 0.101 e. The molecule has 0 aliphatic heterocycles. The van der Waals surface area contributed by atoms with Crippen molar-refractivity contribution in [3.63, 3.8) is 0 Å². The number of halogens is 1. The van der Waals surface area contributed by atoms with E-state index in [2.05, 4.69) is 38.9 Å². The Labute approximate surface area is 113 Å². The van der Waals surface area contributed by atoms with Crippen LogP contribution in [0.15, 0.2) is 38.9 Å². The summed E-state index contributed by atoms with van der Waals surface area (Å²) < 4.78 is 0.892. The molecular weight excluding hydrogens is 298 g/mol. The molecule has 0 aromatic carbocycles. The standard InChI is InChI=1S/C12H12BrN3S/c1-7-3-8(2)16-11(4-7)17-12-9(13)5-15-6-10(12)14/h3-6H,14H2,1-2H3. The molecule has 5 heteroatoms. The summed E-state index contributed by atoms with van der Waals surface area (Å²) in [5.41, 5.74) is 8.77. The van der Waals surface area contributed by atoms with Crippen molar-refractivity contribution in [2.75, 3.05) is 5.73 Å². The van der Waals surface area contributed by atoms with Crippen molar-refractivity contribution in [1.29, 1.82) is 0 Å². The molecule has 0 amide bonds. The first-order valence-electron chi connectivity index (χ1n) is 5.08. The van der Waals surface area contributed by atoms with E-state index in [1.165, 1.54) is 5.56 Å². The van der Waals surface area contributed by atoms with Gasteiger partial charge in [0.15, 0.2) is 0 Å². The molecule has 0 unspecified atom stereocenters. The van der Waals surface area contributed by atoms with Crippen molar-refractivity contribution in [3.05, 3.63) is 40.3 Å². The molecule has 2 aromatic heterocycles. The fourth-order valence-electron chi connectivity index (χ4n) is 1.51. The van der Waals surface area contributed by atoms with Gasteiger partial charge >= 0.3 is 0 Å². The molecule has 0 saturated heterocycles. The Morgan fingerprint density at radius 2 is 2.00 bits per heavy atom. The summed E-state index contributed by atoms with van der Waals surface area (Å²) in [7, 11) is 0. The summed E-state index contributed by atoms with van der Waals surface area (Å²) in [4.78, 5) is 9.45. The average molecular weight is 310 g/mol. The summed E-state index contributed by atoms with van der Waals surface area (Å²) in [6.07, 6.45) is 3.39. The second-order valence-corrected chi connectivity index (χ2v) is 5.65. The predicted octanol–water partition coefficient (Wildman–Crippen LogP) is 3.59. The molecule has 0 bridgehead atoms. The third kappa shape index (κ3) is 2.98. The number of nitrogens with two attached hydrogens (primary N) is 1. The topological polar surface area (TPSA) is 51.8 Å². The second-order valence-electron chi connectivity index (χ2n) is 3.77. The van der Waals surface area contributed by atoms with Crippen molar-refractivity contribution in [2.45, 2.75) is 23.8 Å². The van der Waals surface area contributed by atoms with Gasteiger partial charge in [-0.05, 0) is 47.5 Å². The van der Waals surface area contributed by atoms with Gasteiger partial charge in [0, 0.05) is 11.9 Å². The predicted molar refractivity (Wildman–Crippen MR) is 74.2 cm³/mol. The molecule has 0 fully saturated rings. The summed E-state index contributed by atoms with van der Waals surface area (Å²) in [5.74, 6) is 0. The zero-order valence-corrected chi connectivity index (χ0v) is 12.0. The Bertz CT molecular complexity index is 517. The zero-order valence-electron chi connectivity index (χ0n) is 9.57. The van der Waals surface area contributed by atoms with Gasteiger partial charge in [0.2, 0.25) is 0 Å². The van der Waals surface area contributed by atoms with Gasteiger partial charge in [-0.1, -0.05) is 11.8 Å². The third-order valence-electron chi connectivity index (χ3n) is 2.16. The molecule has 0 aliphatic carbocycles. The molecule has 2 aromatic rings. The van der Waals surface area contributed by atoms with Crippen LogP contribution in [-0.4, -0.2) is 9.97 Å². The maximum absolute atomic E-state index is 5.90. The normalized spacial score (nSPS) is 10.5. The van der Waals surface area contributed by atoms with Gasteiger partial charge in [-0.2, -0.15) is 0 Å². The number of aryl methyl sites for hydroxylation is 2. The van der Waals surface area contributed by atoms with Crippen LogP contribution in [0.1, 0.15) is 11.3 Å². The molecule has 0 radical (unpaired) electrons. The highest BCUT2D eigenvalue weighted by atomic mass is 79.9. The van der Waals surface area contributed by atoms with Crippen molar-refractivity contribution >= 4 is 33.4 Å². The Balaban J connectivity index is 2.38. The molecule has 0 atom stereocenters. The molecule has 0 saturated carbocycles. The maximum atomic E-state index is 5.90. The number of aromatic nitrogens is 2. The molecule has 88 valence electrons. The van der Waals surface area contributed by atoms with Crippen LogP contribution >= 0.6 is 27.7 Å². The minimum Gasteiger partial charge on any atom is -0.397 e. The Kier molecular flexibility index (Phi) is 3.69. The molecule has 3 nitrogen and oxygen atoms in total. The zero-order chi connectivity index (χ0) is 12.4. The van der Waals surface area contributed by atoms with Crippen LogP contribution in [0.25, 0.3) is 0 Å². The van der Waals surface area contributed by atoms with Crippen LogP contribution in [0.3, 0.4) is 0 Å². The van der Waals surface area contributed by atoms with E-state index in [4.69, 9.17) is 5.73 Å². The van der Waals surface area contributed by atoms with Gasteiger partial charge in [-0.15, -0.1) is 0 Å². The van der Waals surface area contributed by atoms with Gasteiger partial charge in [0.1, 0.15) is 5.03 Å². The van der Waals surface area contributed by atoms with Crippen LogP contribution in [0.5, 0.6) is 0 Å². The number of anilines is 1. The highest BCUT2D eigenvalue weighted by Gasteiger charge is 2.08. The molecule has 0 aliphatic rings. The van der Waals surface area contributed by atoms with E-state index in [-0.39, 0.29) is 0 Å². The van der Waals surface area contributed by atoms with Crippen molar-refractivity contribution in [2.24, 2.45) is 0 Å². The largest absolute Gasteiger partial charge is 0.397 e. The highest BCUT2D eigenvalue weighted by Crippen LogP contribution is 2.36. The van der Waals surface area contributed by atoms with E-state index >= 15 is 0 Å². The first kappa shape index (κ1) is 12.4. The number of pyridine rings is 2. The lowest BCUT2D eigenvalue weighted by Crippen LogP contribution is -1.93. The molecule has 2 rings (SSSR count). The van der Waals surface area contributed by atoms with E-state index in [0.717, 1.165) is 20.1 Å². The minimum atomic E-state index is 0.658. The van der Waals surface area contributed by atoms with Crippen molar-refractivity contribution in [1.82, 2.24) is 9.97 Å². The first-order chi connectivity index (χ1) is 8.06. The van der Waals surface area contributed by atoms with E-state index in [1.807, 2.05) is 13.0 Å². The lowest BCUT2D eigenvalue weighted by Gasteiger charge is -2.07. The van der Waals surface area contributed by atoms with E-state index in [0.29, 0.717) is 5.69 Å². The fraction of sp³-hybridized carbons (Fsp3) is 0.167. The fourth-order valence-corrected chi connectivity index (χ4v) is 3.06. The van der Waals surface area contributed by atoms with Gasteiger partial charge in [0.05, 0.1) is 21.3 Å². The lowest BCUT2D eigenvalue weighted by molar-refractivity contribution is 1.04. The first-order valence-corrected chi connectivity index (χ1v) is 6.69. The number of nitrogen functional groups attached to an aromatic ring is 1.